The lowest BCUT2D eigenvalue weighted by Crippen LogP contribution is -2.29. The number of carbonyl (C=O) groups excluding carboxylic acids is 1. The van der Waals surface area contributed by atoms with Gasteiger partial charge in [-0.3, -0.25) is 0 Å². The number of carbonyl (C=O) groups is 1. The molecule has 0 spiro atoms. The van der Waals surface area contributed by atoms with Crippen LogP contribution in [0.15, 0.2) is 54.1 Å². The Morgan fingerprint density at radius 1 is 1.40 bits per heavy atom. The van der Waals surface area contributed by atoms with E-state index in [1.165, 1.54) is 11.1 Å². The summed E-state index contributed by atoms with van der Waals surface area (Å²) in [6, 6.07) is 9.08. The van der Waals surface area contributed by atoms with E-state index in [1.807, 2.05) is 18.2 Å². The molecule has 0 fully saturated rings. The van der Waals surface area contributed by atoms with Gasteiger partial charge in [-0.25, -0.2) is 4.79 Å². The molecule has 20 heavy (non-hydrogen) atoms. The first-order valence-corrected chi connectivity index (χ1v) is 6.99. The van der Waals surface area contributed by atoms with Crippen molar-refractivity contribution in [3.8, 4) is 5.75 Å². The predicted molar refractivity (Wildman–Crippen MR) is 80.7 cm³/mol. The summed E-state index contributed by atoms with van der Waals surface area (Å²) in [7, 11) is 0. The molecule has 0 bridgehead atoms. The zero-order valence-corrected chi connectivity index (χ0v) is 11.9. The standard InChI is InChI=1S/C17H21NO2/c1-13(2)15-10-8-14(9-11-15)12-18-17(19)20-16-6-4-3-5-7-16/h3-8,15H,1,9-12H2,2H3,(H,18,19). The molecule has 1 N–H and O–H groups in total. The van der Waals surface area contributed by atoms with Crippen LogP contribution < -0.4 is 10.1 Å². The number of ether oxygens (including phenoxy) is 1. The smallest absolute Gasteiger partial charge is 0.410 e. The highest BCUT2D eigenvalue weighted by Crippen LogP contribution is 2.27. The summed E-state index contributed by atoms with van der Waals surface area (Å²) in [6.45, 7) is 6.65. The zero-order chi connectivity index (χ0) is 14.4. The van der Waals surface area contributed by atoms with E-state index in [4.69, 9.17) is 4.74 Å². The van der Waals surface area contributed by atoms with Crippen molar-refractivity contribution in [2.24, 2.45) is 5.92 Å². The third-order valence-corrected chi connectivity index (χ3v) is 3.62. The van der Waals surface area contributed by atoms with Crippen molar-refractivity contribution in [1.82, 2.24) is 5.32 Å². The molecule has 1 unspecified atom stereocenters. The lowest BCUT2D eigenvalue weighted by molar-refractivity contribution is 0.201. The molecule has 0 radical (unpaired) electrons. The highest BCUT2D eigenvalue weighted by atomic mass is 16.5. The summed E-state index contributed by atoms with van der Waals surface area (Å²) in [4.78, 5) is 11.7. The second-order valence-electron chi connectivity index (χ2n) is 5.24. The van der Waals surface area contributed by atoms with E-state index in [0.717, 1.165) is 19.3 Å². The Kier molecular flexibility index (Phi) is 4.99. The van der Waals surface area contributed by atoms with Crippen LogP contribution in [0.2, 0.25) is 0 Å². The number of allylic oxidation sites excluding steroid dienone is 2. The van der Waals surface area contributed by atoms with Crippen LogP contribution in [0.3, 0.4) is 0 Å². The molecule has 3 heteroatoms. The molecule has 0 heterocycles. The minimum Gasteiger partial charge on any atom is -0.410 e. The minimum absolute atomic E-state index is 0.404. The van der Waals surface area contributed by atoms with E-state index >= 15 is 0 Å². The minimum atomic E-state index is -0.404. The molecule has 106 valence electrons. The molecule has 1 aliphatic rings. The van der Waals surface area contributed by atoms with Crippen molar-refractivity contribution in [3.05, 3.63) is 54.1 Å². The van der Waals surface area contributed by atoms with Crippen LogP contribution in [0.5, 0.6) is 5.75 Å². The van der Waals surface area contributed by atoms with Crippen molar-refractivity contribution in [2.45, 2.75) is 26.2 Å². The largest absolute Gasteiger partial charge is 0.412 e. The van der Waals surface area contributed by atoms with Gasteiger partial charge in [-0.1, -0.05) is 42.0 Å². The van der Waals surface area contributed by atoms with Gasteiger partial charge >= 0.3 is 6.09 Å². The van der Waals surface area contributed by atoms with Gasteiger partial charge in [0.25, 0.3) is 0 Å². The van der Waals surface area contributed by atoms with Crippen LogP contribution in [-0.4, -0.2) is 12.6 Å². The Morgan fingerprint density at radius 2 is 2.15 bits per heavy atom. The van der Waals surface area contributed by atoms with Crippen LogP contribution in [0.4, 0.5) is 4.79 Å². The topological polar surface area (TPSA) is 38.3 Å². The van der Waals surface area contributed by atoms with Gasteiger partial charge in [-0.15, -0.1) is 0 Å². The molecule has 0 saturated carbocycles. The summed E-state index contributed by atoms with van der Waals surface area (Å²) in [5.41, 5.74) is 2.52. The molecule has 1 atom stereocenters. The normalized spacial score (nSPS) is 18.1. The number of para-hydroxylation sites is 1. The summed E-state index contributed by atoms with van der Waals surface area (Å²) in [5.74, 6) is 1.15. The fourth-order valence-corrected chi connectivity index (χ4v) is 2.31. The van der Waals surface area contributed by atoms with Gasteiger partial charge in [0.15, 0.2) is 0 Å². The average Bonchev–Trinajstić information content (AvgIpc) is 2.46. The van der Waals surface area contributed by atoms with Gasteiger partial charge in [0.1, 0.15) is 5.75 Å². The molecule has 1 amide bonds. The highest BCUT2D eigenvalue weighted by Gasteiger charge is 2.15. The fourth-order valence-electron chi connectivity index (χ4n) is 2.31. The van der Waals surface area contributed by atoms with Gasteiger partial charge in [-0.05, 0) is 44.2 Å². The maximum Gasteiger partial charge on any atom is 0.412 e. The van der Waals surface area contributed by atoms with Gasteiger partial charge in [0, 0.05) is 6.54 Å². The molecule has 1 aromatic carbocycles. The van der Waals surface area contributed by atoms with Crippen molar-refractivity contribution < 1.29 is 9.53 Å². The number of rotatable bonds is 4. The van der Waals surface area contributed by atoms with Crippen LogP contribution >= 0.6 is 0 Å². The van der Waals surface area contributed by atoms with E-state index in [0.29, 0.717) is 18.2 Å². The average molecular weight is 271 g/mol. The van der Waals surface area contributed by atoms with E-state index in [1.54, 1.807) is 12.1 Å². The maximum absolute atomic E-state index is 11.7. The van der Waals surface area contributed by atoms with E-state index in [-0.39, 0.29) is 0 Å². The SMILES string of the molecule is C=C(C)C1CC=C(CNC(=O)Oc2ccccc2)CC1. The third-order valence-electron chi connectivity index (χ3n) is 3.62. The van der Waals surface area contributed by atoms with Crippen molar-refractivity contribution in [3.63, 3.8) is 0 Å². The molecule has 2 rings (SSSR count). The molecule has 0 aliphatic heterocycles. The highest BCUT2D eigenvalue weighted by molar-refractivity contribution is 5.70. The van der Waals surface area contributed by atoms with Gasteiger partial charge in [0.05, 0.1) is 0 Å². The first kappa shape index (κ1) is 14.4. The monoisotopic (exact) mass is 271 g/mol. The first-order chi connectivity index (χ1) is 9.65. The Hall–Kier alpha value is -2.03. The molecule has 1 aliphatic carbocycles. The summed E-state index contributed by atoms with van der Waals surface area (Å²) < 4.78 is 5.17. The van der Waals surface area contributed by atoms with Crippen molar-refractivity contribution in [2.75, 3.05) is 6.54 Å². The molecule has 0 aromatic heterocycles. The number of benzene rings is 1. The van der Waals surface area contributed by atoms with Crippen LogP contribution in [-0.2, 0) is 0 Å². The van der Waals surface area contributed by atoms with Crippen LogP contribution in [0.1, 0.15) is 26.2 Å². The lowest BCUT2D eigenvalue weighted by atomic mass is 9.85. The third kappa shape index (κ3) is 4.26. The van der Waals surface area contributed by atoms with Crippen LogP contribution in [0, 0.1) is 5.92 Å². The number of hydrogen-bond acceptors (Lipinski definition) is 2. The number of amides is 1. The first-order valence-electron chi connectivity index (χ1n) is 6.99. The van der Waals surface area contributed by atoms with Crippen LogP contribution in [0.25, 0.3) is 0 Å². The maximum atomic E-state index is 11.7. The predicted octanol–water partition coefficient (Wildman–Crippen LogP) is 4.08. The molecule has 3 nitrogen and oxygen atoms in total. The Bertz CT molecular complexity index is 505. The van der Waals surface area contributed by atoms with Gasteiger partial charge in [-0.2, -0.15) is 0 Å². The van der Waals surface area contributed by atoms with Gasteiger partial charge in [0.2, 0.25) is 0 Å². The van der Waals surface area contributed by atoms with Crippen molar-refractivity contribution >= 4 is 6.09 Å². The van der Waals surface area contributed by atoms with Crippen molar-refractivity contribution in [1.29, 1.82) is 0 Å². The van der Waals surface area contributed by atoms with E-state index < -0.39 is 6.09 Å². The van der Waals surface area contributed by atoms with Gasteiger partial charge < -0.3 is 10.1 Å². The van der Waals surface area contributed by atoms with E-state index in [9.17, 15) is 4.79 Å². The number of nitrogens with one attached hydrogen (secondary N) is 1. The zero-order valence-electron chi connectivity index (χ0n) is 11.9. The summed E-state index contributed by atoms with van der Waals surface area (Å²) in [5, 5.41) is 2.79. The van der Waals surface area contributed by atoms with E-state index in [2.05, 4.69) is 24.9 Å². The Morgan fingerprint density at radius 3 is 2.75 bits per heavy atom. The fraction of sp³-hybridized carbons (Fsp3) is 0.353. The second kappa shape index (κ2) is 6.94. The molecular formula is C17H21NO2. The lowest BCUT2D eigenvalue weighted by Gasteiger charge is -2.22. The summed E-state index contributed by atoms with van der Waals surface area (Å²) >= 11 is 0. The Balaban J connectivity index is 1.76. The summed E-state index contributed by atoms with van der Waals surface area (Å²) in [6.07, 6.45) is 4.98. The molecule has 1 aromatic rings. The number of hydrogen-bond donors (Lipinski definition) is 1. The molecule has 0 saturated heterocycles. The second-order valence-corrected chi connectivity index (χ2v) is 5.24. The molecular weight excluding hydrogens is 250 g/mol. The quantitative estimate of drug-likeness (QED) is 0.838. The Labute approximate surface area is 120 Å².